The number of aromatic amines is 2. The number of aliphatic imine (C=N–C) groups is 2. The monoisotopic (exact) mass is 1830 g/mol. The SMILES string of the molecule is C.C.CC[C@H](C)[C@H](NC(=O)OC)C(=O)N1C[C@@H](COC)C[C@H]1C1=Nc2ccc3cc4c(cc3c2C1)OCc1cc(-c2cnc([C@@H]3CC[C@H](C)N3C(=O)[C@@H](NC(=O)OC)[C@@H](C)CC)[nH]2)ccc1-4.CC[C@H](C)[C@H](NC(=O)OC)C(=O)O.COC[C@H]1C[C@@H](C2=Nc3ccc4cc5c(cc4c3C2)OCc2cc(-c3cnc([C@@H]4CC[C@H](C)N4C(=O)OC(C)(C)C)[nH]3)ccc2-5)N(C(=O)OC(C)(C)C)C1. The van der Waals surface area contributed by atoms with Crippen LogP contribution in [-0.2, 0) is 73.6 Å². The summed E-state index contributed by atoms with van der Waals surface area (Å²) in [5.74, 6) is 1.90. The number of rotatable bonds is 22. The lowest BCUT2D eigenvalue weighted by Gasteiger charge is -2.33. The van der Waals surface area contributed by atoms with E-state index in [1.165, 1.54) is 21.3 Å². The Balaban J connectivity index is 0.000000211. The average Bonchev–Trinajstić information content (AvgIpc) is 1.72. The maximum Gasteiger partial charge on any atom is 0.411 e. The van der Waals surface area contributed by atoms with E-state index in [0.29, 0.717) is 71.0 Å². The quantitative estimate of drug-likeness (QED) is 0.0343. The molecular formula is C102H135N13O18. The molecule has 6 aromatic carbocycles. The molecule has 716 valence electrons. The second-order valence-corrected chi connectivity index (χ2v) is 38.1. The van der Waals surface area contributed by atoms with Gasteiger partial charge in [0.15, 0.2) is 0 Å². The minimum absolute atomic E-state index is 0. The van der Waals surface area contributed by atoms with Crippen molar-refractivity contribution in [2.75, 3.05) is 61.9 Å². The lowest BCUT2D eigenvalue weighted by atomic mass is 9.90. The Morgan fingerprint density at radius 3 is 1.33 bits per heavy atom. The molecule has 133 heavy (non-hydrogen) atoms. The van der Waals surface area contributed by atoms with Crippen LogP contribution in [0.15, 0.2) is 107 Å². The predicted octanol–water partition coefficient (Wildman–Crippen LogP) is 19.1. The number of methoxy groups -OCH3 is 5. The molecule has 0 saturated carbocycles. The highest BCUT2D eigenvalue weighted by atomic mass is 16.6. The van der Waals surface area contributed by atoms with Crippen molar-refractivity contribution in [2.45, 2.75) is 261 Å². The fourth-order valence-electron chi connectivity index (χ4n) is 19.5. The Kier molecular flexibility index (Phi) is 31.5. The lowest BCUT2D eigenvalue weighted by molar-refractivity contribution is -0.141. The number of aliphatic carboxylic acids is 1. The van der Waals surface area contributed by atoms with Crippen LogP contribution in [0.3, 0.4) is 0 Å². The van der Waals surface area contributed by atoms with Gasteiger partial charge < -0.3 is 83.5 Å². The summed E-state index contributed by atoms with van der Waals surface area (Å²) in [6.07, 6.45) is 9.30. The van der Waals surface area contributed by atoms with E-state index in [1.54, 1.807) is 21.1 Å². The van der Waals surface area contributed by atoms with Gasteiger partial charge in [0.1, 0.15) is 65.7 Å². The number of hydrogen-bond acceptors (Lipinski definition) is 21. The van der Waals surface area contributed by atoms with Crippen LogP contribution in [0.5, 0.6) is 11.5 Å². The van der Waals surface area contributed by atoms with Gasteiger partial charge >= 0.3 is 36.4 Å². The van der Waals surface area contributed by atoms with E-state index < -0.39 is 53.6 Å². The highest BCUT2D eigenvalue weighted by molar-refractivity contribution is 6.08. The number of carboxylic acids is 1. The van der Waals surface area contributed by atoms with Crippen LogP contribution in [0, 0.1) is 29.6 Å². The molecular weight excluding hydrogens is 1700 g/mol. The summed E-state index contributed by atoms with van der Waals surface area (Å²) in [7, 11) is 7.19. The van der Waals surface area contributed by atoms with Gasteiger partial charge in [-0.3, -0.25) is 29.4 Å². The Labute approximate surface area is 780 Å². The number of carbonyl (C=O) groups excluding carboxylic acids is 7. The van der Waals surface area contributed by atoms with Gasteiger partial charge in [0, 0.05) is 86.6 Å². The molecule has 8 aliphatic heterocycles. The number of carbonyl (C=O) groups is 8. The minimum atomic E-state index is -1.04. The maximum atomic E-state index is 14.3. The van der Waals surface area contributed by atoms with E-state index in [0.717, 1.165) is 174 Å². The van der Waals surface area contributed by atoms with Crippen LogP contribution in [0.2, 0.25) is 0 Å². The minimum Gasteiger partial charge on any atom is -0.488 e. The summed E-state index contributed by atoms with van der Waals surface area (Å²) in [4.78, 5) is 135. The summed E-state index contributed by atoms with van der Waals surface area (Å²) in [6.45, 7) is 30.1. The zero-order valence-corrected chi connectivity index (χ0v) is 78.8. The molecule has 2 aromatic heterocycles. The highest BCUT2D eigenvalue weighted by Crippen LogP contribution is 2.49. The molecule has 0 aliphatic carbocycles. The van der Waals surface area contributed by atoms with Crippen molar-refractivity contribution in [3.63, 3.8) is 0 Å². The Morgan fingerprint density at radius 2 is 0.902 bits per heavy atom. The zero-order valence-electron chi connectivity index (χ0n) is 78.8. The standard InChI is InChI=1S/C49H61N7O8.C43H51N5O6.C8H15NO4.2CH4/c1-9-26(3)43(53-48(59)62-7)46(57)55-23-29(24-61-6)17-41(55)38-20-35-34-21-42-36(19-30(34)13-15-37(35)51-38)33-14-12-31(18-32(33)25-64-42)39-22-50-45(52-39)40-16-11-28(5)56(40)47(58)44(27(4)10-2)54-49(60)63-8;1-24-9-14-36(48(24)41(50)54-43(5,6)7)39-44-20-35(46-39)27-10-12-29-28(16-27)23-52-38-19-30-26(17-32(29)38)11-13-33-31(30)18-34(45-33)37-15-25(22-51-8)21-47(37)40(49)53-42(2,3)4;1-4-5(2)6(7(10)11)9-8(12)13-3;;/h12-15,18-19,21-22,26-29,40-41,43-44H,9-11,16-17,20,23-25H2,1-8H3,(H,50,52)(H,53,59)(H,54,60);10-13,16-17,19-20,24-25,36-37H,9,14-15,18,21-23H2,1-8H3,(H,44,46);5-6H,4H2,1-3H3,(H,9,12)(H,10,11);2*1H4/t26-,27-,28-,29-,40-,41-,43-,44-;24-,25-,36-,37-;5-,6-;;/m000../s1. The normalized spacial score (nSPS) is 20.9. The second kappa shape index (κ2) is 42.0. The second-order valence-electron chi connectivity index (χ2n) is 38.1. The molecule has 0 bridgehead atoms. The third kappa shape index (κ3) is 21.6. The Hall–Kier alpha value is -12.1. The van der Waals surface area contributed by atoms with Crippen molar-refractivity contribution in [1.82, 2.24) is 55.5 Å². The van der Waals surface area contributed by atoms with E-state index in [1.807, 2.05) is 115 Å². The van der Waals surface area contributed by atoms with Gasteiger partial charge in [-0.25, -0.2) is 38.7 Å². The van der Waals surface area contributed by atoms with Crippen LogP contribution < -0.4 is 25.4 Å². The number of ether oxygens (including phenoxy) is 9. The first-order valence-electron chi connectivity index (χ1n) is 45.9. The number of aromatic nitrogens is 4. The molecule has 31 heteroatoms. The first-order chi connectivity index (χ1) is 62.5. The molecule has 7 amide bonds. The summed E-state index contributed by atoms with van der Waals surface area (Å²) in [5.41, 5.74) is 15.0. The van der Waals surface area contributed by atoms with Crippen molar-refractivity contribution in [1.29, 1.82) is 0 Å². The lowest BCUT2D eigenvalue weighted by Crippen LogP contribution is -2.54. The zero-order chi connectivity index (χ0) is 93.9. The van der Waals surface area contributed by atoms with E-state index in [9.17, 15) is 38.4 Å². The molecule has 10 heterocycles. The molecule has 0 unspecified atom stereocenters. The summed E-state index contributed by atoms with van der Waals surface area (Å²) >= 11 is 0. The van der Waals surface area contributed by atoms with Crippen LogP contribution >= 0.6 is 0 Å². The molecule has 31 nitrogen and oxygen atoms in total. The molecule has 4 fully saturated rings. The highest BCUT2D eigenvalue weighted by Gasteiger charge is 2.47. The van der Waals surface area contributed by atoms with Gasteiger partial charge in [-0.05, 0) is 226 Å². The van der Waals surface area contributed by atoms with E-state index in [4.69, 9.17) is 63.0 Å². The Bertz CT molecular complexity index is 5690. The number of carboxylic acid groups (broad SMARTS) is 1. The Morgan fingerprint density at radius 1 is 0.496 bits per heavy atom. The topological polar surface area (TPSA) is 371 Å². The number of benzene rings is 6. The predicted molar refractivity (Wildman–Crippen MR) is 512 cm³/mol. The van der Waals surface area contributed by atoms with Gasteiger partial charge in [0.25, 0.3) is 0 Å². The van der Waals surface area contributed by atoms with Gasteiger partial charge in [-0.15, -0.1) is 0 Å². The molecule has 16 rings (SSSR count). The van der Waals surface area contributed by atoms with E-state index in [2.05, 4.69) is 123 Å². The van der Waals surface area contributed by atoms with Crippen LogP contribution in [-0.4, -0.2) is 220 Å². The number of alkyl carbamates (subject to hydrolysis) is 3. The fourth-order valence-corrected chi connectivity index (χ4v) is 19.5. The van der Waals surface area contributed by atoms with Crippen molar-refractivity contribution < 1.29 is 86.1 Å². The van der Waals surface area contributed by atoms with Crippen molar-refractivity contribution in [3.05, 3.63) is 131 Å². The molecule has 4 saturated heterocycles. The number of nitrogens with zero attached hydrogens (tertiary/aromatic N) is 8. The van der Waals surface area contributed by atoms with Crippen molar-refractivity contribution in [2.24, 2.45) is 39.6 Å². The molecule has 0 spiro atoms. The third-order valence-electron chi connectivity index (χ3n) is 26.9. The van der Waals surface area contributed by atoms with Gasteiger partial charge in [0.2, 0.25) is 11.8 Å². The summed E-state index contributed by atoms with van der Waals surface area (Å²) in [5, 5.41) is 21.0. The van der Waals surface area contributed by atoms with E-state index >= 15 is 0 Å². The summed E-state index contributed by atoms with van der Waals surface area (Å²) in [6, 6.07) is 26.9. The molecule has 0 radical (unpaired) electrons. The first-order valence-corrected chi connectivity index (χ1v) is 45.9. The molecule has 8 aromatic rings. The number of hydrogen-bond donors (Lipinski definition) is 6. The average molecular weight is 1830 g/mol. The van der Waals surface area contributed by atoms with Crippen molar-refractivity contribution >= 4 is 92.6 Å². The molecule has 6 N–H and O–H groups in total. The van der Waals surface area contributed by atoms with E-state index in [-0.39, 0.29) is 105 Å². The maximum absolute atomic E-state index is 14.3. The van der Waals surface area contributed by atoms with Crippen molar-refractivity contribution in [3.8, 4) is 56.3 Å². The molecule has 14 atom stereocenters. The number of nitrogens with one attached hydrogen (secondary N) is 5. The van der Waals surface area contributed by atoms with Crippen LogP contribution in [0.4, 0.5) is 35.3 Å². The largest absolute Gasteiger partial charge is 0.488 e. The van der Waals surface area contributed by atoms with Gasteiger partial charge in [-0.2, -0.15) is 0 Å². The van der Waals surface area contributed by atoms with Crippen LogP contribution in [0.1, 0.15) is 216 Å². The number of likely N-dealkylation sites (tertiary alicyclic amines) is 4. The third-order valence-corrected chi connectivity index (χ3v) is 26.9. The summed E-state index contributed by atoms with van der Waals surface area (Å²) < 4.78 is 49.6. The number of H-pyrrole nitrogens is 2. The van der Waals surface area contributed by atoms with Crippen LogP contribution in [0.25, 0.3) is 66.3 Å². The number of imidazole rings is 2. The fraction of sp³-hybridized carbons (Fsp3) is 0.529. The number of amides is 7. The molecule has 8 aliphatic rings. The smallest absolute Gasteiger partial charge is 0.411 e. The van der Waals surface area contributed by atoms with Gasteiger partial charge in [0.05, 0.1) is 93.9 Å². The first kappa shape index (κ1) is 99.9. The number of fused-ring (bicyclic) bond motifs is 12. The van der Waals surface area contributed by atoms with Gasteiger partial charge in [-0.1, -0.05) is 112 Å².